The lowest BCUT2D eigenvalue weighted by atomic mass is 10.1. The summed E-state index contributed by atoms with van der Waals surface area (Å²) in [6, 6.07) is 9.16. The van der Waals surface area contributed by atoms with Crippen LogP contribution >= 0.6 is 24.0 Å². The Hall–Kier alpha value is -2.28. The highest BCUT2D eigenvalue weighted by Gasteiger charge is 2.28. The molecule has 2 aromatic rings. The maximum atomic E-state index is 13.8. The van der Waals surface area contributed by atoms with Crippen molar-refractivity contribution < 1.29 is 31.8 Å². The Morgan fingerprint density at radius 3 is 2.59 bits per heavy atom. The standard InChI is InChI=1S/C21H23F4N3O3.HI/c1-26-20(28-10-14-2-4-18(5-3-14)30-12-21(23,24)25)27-7-6-15-8-17(22)9-16-11-29-13-31-19(15)16;/h2-5,8-9H,6-7,10-13H2,1H3,(H2,26,27,28);1H. The van der Waals surface area contributed by atoms with E-state index in [1.54, 1.807) is 19.2 Å². The summed E-state index contributed by atoms with van der Waals surface area (Å²) in [5, 5.41) is 6.26. The number of ether oxygens (including phenoxy) is 3. The molecule has 0 saturated heterocycles. The van der Waals surface area contributed by atoms with Crippen molar-refractivity contribution in [2.45, 2.75) is 25.7 Å². The van der Waals surface area contributed by atoms with Crippen LogP contribution in [0.5, 0.6) is 11.5 Å². The molecule has 0 amide bonds. The highest BCUT2D eigenvalue weighted by molar-refractivity contribution is 14.0. The average Bonchev–Trinajstić information content (AvgIpc) is 2.74. The van der Waals surface area contributed by atoms with Gasteiger partial charge in [-0.25, -0.2) is 4.39 Å². The number of nitrogens with zero attached hydrogens (tertiary/aromatic N) is 1. The van der Waals surface area contributed by atoms with Gasteiger partial charge in [-0.1, -0.05) is 12.1 Å². The molecule has 0 aliphatic carbocycles. The highest BCUT2D eigenvalue weighted by Crippen LogP contribution is 2.29. The summed E-state index contributed by atoms with van der Waals surface area (Å²) in [4.78, 5) is 4.13. The third-order valence-electron chi connectivity index (χ3n) is 4.45. The Balaban J connectivity index is 0.00000363. The predicted octanol–water partition coefficient (Wildman–Crippen LogP) is 4.16. The third-order valence-corrected chi connectivity index (χ3v) is 4.45. The van der Waals surface area contributed by atoms with Crippen LogP contribution in [0, 0.1) is 5.82 Å². The topological polar surface area (TPSA) is 64.1 Å². The van der Waals surface area contributed by atoms with Crippen LogP contribution in [0.3, 0.4) is 0 Å². The SMILES string of the molecule is CN=C(NCCc1cc(F)cc2c1OCOC2)NCc1ccc(OCC(F)(F)F)cc1.I. The van der Waals surface area contributed by atoms with Gasteiger partial charge in [0.15, 0.2) is 19.4 Å². The van der Waals surface area contributed by atoms with E-state index in [0.29, 0.717) is 43.4 Å². The Morgan fingerprint density at radius 1 is 1.16 bits per heavy atom. The fourth-order valence-electron chi connectivity index (χ4n) is 3.03. The third kappa shape index (κ3) is 8.01. The Kier molecular flexibility index (Phi) is 9.82. The summed E-state index contributed by atoms with van der Waals surface area (Å²) >= 11 is 0. The van der Waals surface area contributed by atoms with E-state index in [2.05, 4.69) is 20.4 Å². The fourth-order valence-corrected chi connectivity index (χ4v) is 3.03. The number of hydrogen-bond donors (Lipinski definition) is 2. The van der Waals surface area contributed by atoms with Gasteiger partial charge in [0.05, 0.1) is 6.61 Å². The molecule has 0 saturated carbocycles. The van der Waals surface area contributed by atoms with Gasteiger partial charge in [-0.2, -0.15) is 13.2 Å². The van der Waals surface area contributed by atoms with Gasteiger partial charge in [0.2, 0.25) is 0 Å². The van der Waals surface area contributed by atoms with Gasteiger partial charge < -0.3 is 24.8 Å². The Bertz CT molecular complexity index is 908. The zero-order chi connectivity index (χ0) is 22.3. The Labute approximate surface area is 200 Å². The smallest absolute Gasteiger partial charge is 0.422 e. The molecule has 2 N–H and O–H groups in total. The van der Waals surface area contributed by atoms with Crippen LogP contribution in [0.2, 0.25) is 0 Å². The number of rotatable bonds is 7. The molecule has 0 fully saturated rings. The molecule has 6 nitrogen and oxygen atoms in total. The van der Waals surface area contributed by atoms with Gasteiger partial charge >= 0.3 is 6.18 Å². The number of halogens is 5. The van der Waals surface area contributed by atoms with E-state index < -0.39 is 12.8 Å². The first kappa shape index (κ1) is 26.0. The zero-order valence-corrected chi connectivity index (χ0v) is 19.6. The van der Waals surface area contributed by atoms with E-state index in [0.717, 1.165) is 11.1 Å². The van der Waals surface area contributed by atoms with Crippen LogP contribution in [0.4, 0.5) is 17.6 Å². The molecular formula is C21H24F4IN3O3. The maximum Gasteiger partial charge on any atom is 0.422 e. The van der Waals surface area contributed by atoms with Crippen LogP contribution < -0.4 is 20.1 Å². The number of fused-ring (bicyclic) bond motifs is 1. The van der Waals surface area contributed by atoms with Crippen LogP contribution in [0.1, 0.15) is 16.7 Å². The summed E-state index contributed by atoms with van der Waals surface area (Å²) in [7, 11) is 1.62. The Morgan fingerprint density at radius 2 is 1.91 bits per heavy atom. The van der Waals surface area contributed by atoms with Gasteiger partial charge in [-0.3, -0.25) is 4.99 Å². The molecule has 0 radical (unpaired) electrons. The second-order valence-electron chi connectivity index (χ2n) is 6.81. The van der Waals surface area contributed by atoms with Crippen molar-refractivity contribution in [3.8, 4) is 11.5 Å². The molecule has 1 heterocycles. The molecule has 0 bridgehead atoms. The molecule has 0 aromatic heterocycles. The largest absolute Gasteiger partial charge is 0.484 e. The first-order valence-corrected chi connectivity index (χ1v) is 9.59. The van der Waals surface area contributed by atoms with Gasteiger partial charge in [-0.15, -0.1) is 24.0 Å². The van der Waals surface area contributed by atoms with Gasteiger partial charge in [-0.05, 0) is 41.8 Å². The molecule has 2 aromatic carbocycles. The molecule has 1 aliphatic rings. The number of guanidine groups is 1. The maximum absolute atomic E-state index is 13.8. The van der Waals surface area contributed by atoms with E-state index in [9.17, 15) is 17.6 Å². The van der Waals surface area contributed by atoms with E-state index >= 15 is 0 Å². The van der Waals surface area contributed by atoms with E-state index in [-0.39, 0.29) is 42.3 Å². The molecule has 176 valence electrons. The minimum Gasteiger partial charge on any atom is -0.484 e. The highest BCUT2D eigenvalue weighted by atomic mass is 127. The zero-order valence-electron chi connectivity index (χ0n) is 17.3. The monoisotopic (exact) mass is 569 g/mol. The quantitative estimate of drug-likeness (QED) is 0.227. The number of benzene rings is 2. The molecule has 3 rings (SSSR count). The number of hydrogen-bond acceptors (Lipinski definition) is 4. The van der Waals surface area contributed by atoms with Gasteiger partial charge in [0.1, 0.15) is 17.3 Å². The second kappa shape index (κ2) is 12.1. The molecule has 32 heavy (non-hydrogen) atoms. The van der Waals surface area contributed by atoms with E-state index in [4.69, 9.17) is 9.47 Å². The van der Waals surface area contributed by atoms with Crippen molar-refractivity contribution in [1.29, 1.82) is 0 Å². The molecule has 1 aliphatic heterocycles. The summed E-state index contributed by atoms with van der Waals surface area (Å²) in [5.74, 6) is 1.000. The van der Waals surface area contributed by atoms with Crippen molar-refractivity contribution in [2.24, 2.45) is 4.99 Å². The van der Waals surface area contributed by atoms with Crippen LogP contribution in [0.25, 0.3) is 0 Å². The molecule has 0 spiro atoms. The van der Waals surface area contributed by atoms with Crippen molar-refractivity contribution in [1.82, 2.24) is 10.6 Å². The van der Waals surface area contributed by atoms with Crippen molar-refractivity contribution in [3.63, 3.8) is 0 Å². The number of nitrogens with one attached hydrogen (secondary N) is 2. The summed E-state index contributed by atoms with van der Waals surface area (Å²) in [6.45, 7) is 0.0336. The first-order chi connectivity index (χ1) is 14.8. The second-order valence-corrected chi connectivity index (χ2v) is 6.81. The first-order valence-electron chi connectivity index (χ1n) is 9.59. The van der Waals surface area contributed by atoms with Crippen molar-refractivity contribution in [3.05, 3.63) is 58.9 Å². The predicted molar refractivity (Wildman–Crippen MR) is 122 cm³/mol. The fraction of sp³-hybridized carbons (Fsp3) is 0.381. The van der Waals surface area contributed by atoms with Gasteiger partial charge in [0, 0.05) is 25.7 Å². The lowest BCUT2D eigenvalue weighted by Gasteiger charge is -2.21. The van der Waals surface area contributed by atoms with Crippen molar-refractivity contribution in [2.75, 3.05) is 27.0 Å². The number of alkyl halides is 3. The minimum atomic E-state index is -4.37. The van der Waals surface area contributed by atoms with E-state index in [1.807, 2.05) is 0 Å². The van der Waals surface area contributed by atoms with Crippen LogP contribution in [-0.4, -0.2) is 39.1 Å². The number of aliphatic imine (C=N–C) groups is 1. The molecule has 11 heteroatoms. The lowest BCUT2D eigenvalue weighted by molar-refractivity contribution is -0.153. The lowest BCUT2D eigenvalue weighted by Crippen LogP contribution is -2.37. The van der Waals surface area contributed by atoms with Crippen LogP contribution in [0.15, 0.2) is 41.4 Å². The summed E-state index contributed by atoms with van der Waals surface area (Å²) in [6.07, 6.45) is -3.85. The average molecular weight is 569 g/mol. The van der Waals surface area contributed by atoms with E-state index in [1.165, 1.54) is 24.3 Å². The summed E-state index contributed by atoms with van der Waals surface area (Å²) in [5.41, 5.74) is 2.28. The molecule has 0 atom stereocenters. The molecular weight excluding hydrogens is 545 g/mol. The minimum absolute atomic E-state index is 0. The van der Waals surface area contributed by atoms with Crippen molar-refractivity contribution >= 4 is 29.9 Å². The normalized spacial score (nSPS) is 13.5. The summed E-state index contributed by atoms with van der Waals surface area (Å²) < 4.78 is 65.8. The molecule has 0 unspecified atom stereocenters. The van der Waals surface area contributed by atoms with Gasteiger partial charge in [0.25, 0.3) is 0 Å². The van der Waals surface area contributed by atoms with Crippen LogP contribution in [-0.2, 0) is 24.3 Å².